The molecule has 3 N–H and O–H groups in total. The van der Waals surface area contributed by atoms with E-state index in [1.807, 2.05) is 6.07 Å². The summed E-state index contributed by atoms with van der Waals surface area (Å²) in [6.07, 6.45) is 1.29. The first kappa shape index (κ1) is 12.1. The molecule has 6 nitrogen and oxygen atoms in total. The third kappa shape index (κ3) is 2.33. The van der Waals surface area contributed by atoms with Gasteiger partial charge in [0.15, 0.2) is 5.82 Å². The van der Waals surface area contributed by atoms with Crippen LogP contribution in [0, 0.1) is 0 Å². The van der Waals surface area contributed by atoms with Crippen molar-refractivity contribution in [1.82, 2.24) is 9.97 Å². The van der Waals surface area contributed by atoms with E-state index in [1.54, 1.807) is 18.2 Å². The lowest BCUT2D eigenvalue weighted by atomic mass is 10.2. The summed E-state index contributed by atoms with van der Waals surface area (Å²) < 4.78 is 10.7. The Bertz CT molecular complexity index is 546. The molecule has 18 heavy (non-hydrogen) atoms. The fourth-order valence-corrected chi connectivity index (χ4v) is 1.47. The van der Waals surface area contributed by atoms with Gasteiger partial charge in [-0.3, -0.25) is 0 Å². The molecular weight excluding hydrogens is 234 g/mol. The van der Waals surface area contributed by atoms with Crippen molar-refractivity contribution in [1.29, 1.82) is 0 Å². The summed E-state index contributed by atoms with van der Waals surface area (Å²) >= 11 is 0. The number of nitrogens with zero attached hydrogens (tertiary/aromatic N) is 2. The molecule has 0 aliphatic heterocycles. The zero-order chi connectivity index (χ0) is 13.0. The van der Waals surface area contributed by atoms with Crippen LogP contribution >= 0.6 is 0 Å². The highest BCUT2D eigenvalue weighted by Crippen LogP contribution is 2.33. The number of aliphatic hydroxyl groups is 1. The normalized spacial score (nSPS) is 10.1. The van der Waals surface area contributed by atoms with Gasteiger partial charge in [0.2, 0.25) is 5.75 Å². The Hall–Kier alpha value is -2.34. The van der Waals surface area contributed by atoms with E-state index in [2.05, 4.69) is 9.97 Å². The minimum Gasteiger partial charge on any atom is -0.489 e. The number of methoxy groups -OCH3 is 1. The number of nitrogen functional groups attached to an aromatic ring is 1. The van der Waals surface area contributed by atoms with Crippen molar-refractivity contribution in [3.63, 3.8) is 0 Å². The standard InChI is InChI=1S/C12H13N3O3/c1-17-10-11(13)14-7-15-12(10)18-9-5-3-2-4-8(9)6-16/h2-5,7,16H,6H2,1H3,(H2,13,14,15). The molecule has 0 amide bonds. The topological polar surface area (TPSA) is 90.5 Å². The molecule has 2 rings (SSSR count). The number of hydrogen-bond donors (Lipinski definition) is 2. The summed E-state index contributed by atoms with van der Waals surface area (Å²) in [4.78, 5) is 7.77. The van der Waals surface area contributed by atoms with Crippen LogP contribution in [0.5, 0.6) is 17.4 Å². The highest BCUT2D eigenvalue weighted by molar-refractivity contribution is 5.53. The molecule has 6 heteroatoms. The Labute approximate surface area is 104 Å². The number of aromatic nitrogens is 2. The molecule has 0 spiro atoms. The van der Waals surface area contributed by atoms with E-state index in [0.29, 0.717) is 11.3 Å². The molecular formula is C12H13N3O3. The van der Waals surface area contributed by atoms with Crippen LogP contribution < -0.4 is 15.2 Å². The SMILES string of the molecule is COc1c(N)ncnc1Oc1ccccc1CO. The molecule has 0 saturated carbocycles. The molecule has 1 aromatic carbocycles. The number of aliphatic hydroxyl groups excluding tert-OH is 1. The zero-order valence-corrected chi connectivity index (χ0v) is 9.83. The Morgan fingerprint density at radius 3 is 2.78 bits per heavy atom. The van der Waals surface area contributed by atoms with Crippen molar-refractivity contribution in [2.45, 2.75) is 6.61 Å². The van der Waals surface area contributed by atoms with Crippen molar-refractivity contribution in [2.24, 2.45) is 0 Å². The largest absolute Gasteiger partial charge is 0.489 e. The lowest BCUT2D eigenvalue weighted by Crippen LogP contribution is -2.01. The number of para-hydroxylation sites is 1. The van der Waals surface area contributed by atoms with Crippen LogP contribution in [0.1, 0.15) is 5.56 Å². The van der Waals surface area contributed by atoms with E-state index in [-0.39, 0.29) is 24.1 Å². The maximum absolute atomic E-state index is 9.21. The first-order valence-corrected chi connectivity index (χ1v) is 5.27. The van der Waals surface area contributed by atoms with Gasteiger partial charge in [0, 0.05) is 5.56 Å². The van der Waals surface area contributed by atoms with Gasteiger partial charge in [-0.05, 0) is 6.07 Å². The monoisotopic (exact) mass is 247 g/mol. The molecule has 0 aliphatic rings. The second-order valence-corrected chi connectivity index (χ2v) is 3.47. The molecule has 0 unspecified atom stereocenters. The van der Waals surface area contributed by atoms with Crippen molar-refractivity contribution < 1.29 is 14.6 Å². The van der Waals surface area contributed by atoms with Crippen LogP contribution in [-0.4, -0.2) is 22.2 Å². The van der Waals surface area contributed by atoms with Gasteiger partial charge in [0.1, 0.15) is 12.1 Å². The minimum atomic E-state index is -0.126. The molecule has 2 aromatic rings. The van der Waals surface area contributed by atoms with Crippen LogP contribution in [0.25, 0.3) is 0 Å². The minimum absolute atomic E-state index is 0.126. The highest BCUT2D eigenvalue weighted by atomic mass is 16.5. The van der Waals surface area contributed by atoms with E-state index < -0.39 is 0 Å². The number of benzene rings is 1. The Kier molecular flexibility index (Phi) is 3.59. The number of anilines is 1. The van der Waals surface area contributed by atoms with Gasteiger partial charge in [-0.2, -0.15) is 4.98 Å². The fraction of sp³-hybridized carbons (Fsp3) is 0.167. The second kappa shape index (κ2) is 5.33. The first-order chi connectivity index (χ1) is 8.76. The van der Waals surface area contributed by atoms with Gasteiger partial charge in [-0.15, -0.1) is 0 Å². The van der Waals surface area contributed by atoms with Gasteiger partial charge in [-0.25, -0.2) is 4.98 Å². The van der Waals surface area contributed by atoms with E-state index in [9.17, 15) is 5.11 Å². The Balaban J connectivity index is 2.37. The van der Waals surface area contributed by atoms with Crippen LogP contribution in [0.4, 0.5) is 5.82 Å². The lowest BCUT2D eigenvalue weighted by Gasteiger charge is -2.11. The van der Waals surface area contributed by atoms with Crippen LogP contribution in [0.3, 0.4) is 0 Å². The van der Waals surface area contributed by atoms with Gasteiger partial charge in [0.25, 0.3) is 5.88 Å². The van der Waals surface area contributed by atoms with Crippen LogP contribution in [0.2, 0.25) is 0 Å². The number of ether oxygens (including phenoxy) is 2. The first-order valence-electron chi connectivity index (χ1n) is 5.27. The molecule has 1 heterocycles. The third-order valence-corrected chi connectivity index (χ3v) is 2.35. The smallest absolute Gasteiger partial charge is 0.268 e. The second-order valence-electron chi connectivity index (χ2n) is 3.47. The molecule has 1 aromatic heterocycles. The van der Waals surface area contributed by atoms with Crippen molar-refractivity contribution >= 4 is 5.82 Å². The maximum atomic E-state index is 9.21. The molecule has 94 valence electrons. The molecule has 0 radical (unpaired) electrons. The van der Waals surface area contributed by atoms with Gasteiger partial charge >= 0.3 is 0 Å². The van der Waals surface area contributed by atoms with E-state index >= 15 is 0 Å². The summed E-state index contributed by atoms with van der Waals surface area (Å²) in [5.74, 6) is 1.18. The predicted molar refractivity (Wildman–Crippen MR) is 65.4 cm³/mol. The van der Waals surface area contributed by atoms with Crippen molar-refractivity contribution in [3.8, 4) is 17.4 Å². The Morgan fingerprint density at radius 1 is 1.28 bits per heavy atom. The number of hydrogen-bond acceptors (Lipinski definition) is 6. The molecule has 0 bridgehead atoms. The summed E-state index contributed by atoms with van der Waals surface area (Å²) in [5.41, 5.74) is 6.30. The molecule has 0 fully saturated rings. The Morgan fingerprint density at radius 2 is 2.06 bits per heavy atom. The summed E-state index contributed by atoms with van der Waals surface area (Å²) in [6.45, 7) is -0.126. The van der Waals surface area contributed by atoms with E-state index in [0.717, 1.165) is 0 Å². The zero-order valence-electron chi connectivity index (χ0n) is 9.83. The highest BCUT2D eigenvalue weighted by Gasteiger charge is 2.13. The lowest BCUT2D eigenvalue weighted by molar-refractivity contribution is 0.275. The average molecular weight is 247 g/mol. The van der Waals surface area contributed by atoms with E-state index in [4.69, 9.17) is 15.2 Å². The number of nitrogens with two attached hydrogens (primary N) is 1. The van der Waals surface area contributed by atoms with Crippen LogP contribution in [0.15, 0.2) is 30.6 Å². The van der Waals surface area contributed by atoms with Gasteiger partial charge in [-0.1, -0.05) is 18.2 Å². The van der Waals surface area contributed by atoms with E-state index in [1.165, 1.54) is 13.4 Å². The molecule has 0 saturated heterocycles. The molecule has 0 aliphatic carbocycles. The predicted octanol–water partition coefficient (Wildman–Crippen LogP) is 1.35. The molecule has 0 atom stereocenters. The maximum Gasteiger partial charge on any atom is 0.268 e. The fourth-order valence-electron chi connectivity index (χ4n) is 1.47. The summed E-state index contributed by atoms with van der Waals surface area (Å²) in [6, 6.07) is 7.09. The van der Waals surface area contributed by atoms with Crippen molar-refractivity contribution in [3.05, 3.63) is 36.2 Å². The van der Waals surface area contributed by atoms with Gasteiger partial charge < -0.3 is 20.3 Å². The van der Waals surface area contributed by atoms with Crippen molar-refractivity contribution in [2.75, 3.05) is 12.8 Å². The quantitative estimate of drug-likeness (QED) is 0.847. The average Bonchev–Trinajstić information content (AvgIpc) is 2.40. The third-order valence-electron chi connectivity index (χ3n) is 2.35. The summed E-state index contributed by atoms with van der Waals surface area (Å²) in [7, 11) is 1.46. The number of rotatable bonds is 4. The summed E-state index contributed by atoms with van der Waals surface area (Å²) in [5, 5.41) is 9.21. The van der Waals surface area contributed by atoms with Gasteiger partial charge in [0.05, 0.1) is 13.7 Å². The van der Waals surface area contributed by atoms with Crippen LogP contribution in [-0.2, 0) is 6.61 Å².